The summed E-state index contributed by atoms with van der Waals surface area (Å²) in [7, 11) is 0. The summed E-state index contributed by atoms with van der Waals surface area (Å²) in [6.07, 6.45) is 6.26. The molecule has 0 unspecified atom stereocenters. The molecule has 0 aliphatic heterocycles. The molecule has 1 N–H and O–H groups in total. The average Bonchev–Trinajstić information content (AvgIpc) is 3.19. The first-order valence-electron chi connectivity index (χ1n) is 9.55. The van der Waals surface area contributed by atoms with Crippen LogP contribution in [-0.2, 0) is 17.9 Å². The van der Waals surface area contributed by atoms with E-state index in [-0.39, 0.29) is 23.8 Å². The molecule has 4 aromatic rings. The molecular weight excluding hydrogens is 419 g/mol. The minimum atomic E-state index is -0.353. The van der Waals surface area contributed by atoms with Crippen molar-refractivity contribution in [2.24, 2.45) is 0 Å². The van der Waals surface area contributed by atoms with Crippen molar-refractivity contribution in [3.63, 3.8) is 0 Å². The van der Waals surface area contributed by atoms with E-state index in [2.05, 4.69) is 20.4 Å². The molecule has 3 aromatic heterocycles. The van der Waals surface area contributed by atoms with Crippen LogP contribution in [0.25, 0.3) is 11.0 Å². The molecule has 3 heterocycles. The van der Waals surface area contributed by atoms with Gasteiger partial charge in [0.25, 0.3) is 5.56 Å². The third-order valence-electron chi connectivity index (χ3n) is 4.53. The molecule has 0 atom stereocenters. The number of hydrogen-bond donors (Lipinski definition) is 1. The average molecular weight is 438 g/mol. The van der Waals surface area contributed by atoms with E-state index in [1.54, 1.807) is 29.2 Å². The first-order valence-corrected chi connectivity index (χ1v) is 10.5. The number of fused-ring (bicyclic) bond motifs is 1. The third-order valence-corrected chi connectivity index (χ3v) is 5.54. The van der Waals surface area contributed by atoms with Gasteiger partial charge >= 0.3 is 0 Å². The van der Waals surface area contributed by atoms with Crippen LogP contribution in [0.3, 0.4) is 0 Å². The minimum Gasteiger partial charge on any atom is -0.354 e. The summed E-state index contributed by atoms with van der Waals surface area (Å²) in [5.74, 6) is -0.148. The molecule has 1 aromatic carbocycles. The van der Waals surface area contributed by atoms with E-state index >= 15 is 0 Å². The van der Waals surface area contributed by atoms with Crippen LogP contribution in [0, 0.1) is 5.82 Å². The molecule has 0 aliphatic carbocycles. The molecule has 8 nitrogen and oxygen atoms in total. The zero-order valence-electron chi connectivity index (χ0n) is 16.4. The van der Waals surface area contributed by atoms with Gasteiger partial charge < -0.3 is 5.32 Å². The molecule has 0 bridgehead atoms. The topological polar surface area (TPSA) is 94.7 Å². The maximum Gasteiger partial charge on any atom is 0.264 e. The molecule has 0 fully saturated rings. The monoisotopic (exact) mass is 438 g/mol. The second-order valence-corrected chi connectivity index (χ2v) is 7.78. The molecule has 0 aliphatic rings. The fourth-order valence-electron chi connectivity index (χ4n) is 3.04. The second-order valence-electron chi connectivity index (χ2n) is 6.73. The molecule has 0 radical (unpaired) electrons. The number of carbonyl (C=O) groups is 1. The van der Waals surface area contributed by atoms with Crippen molar-refractivity contribution in [1.29, 1.82) is 0 Å². The van der Waals surface area contributed by atoms with Crippen molar-refractivity contribution in [3.05, 3.63) is 83.1 Å². The second kappa shape index (κ2) is 9.52. The van der Waals surface area contributed by atoms with E-state index in [4.69, 9.17) is 0 Å². The molecule has 0 saturated carbocycles. The zero-order chi connectivity index (χ0) is 21.6. The Labute approximate surface area is 181 Å². The van der Waals surface area contributed by atoms with Gasteiger partial charge in [0.1, 0.15) is 17.5 Å². The van der Waals surface area contributed by atoms with Gasteiger partial charge in [-0.25, -0.2) is 14.1 Å². The summed E-state index contributed by atoms with van der Waals surface area (Å²) in [4.78, 5) is 34.0. The fourth-order valence-corrected chi connectivity index (χ4v) is 3.76. The number of aromatic nitrogens is 5. The number of amides is 1. The van der Waals surface area contributed by atoms with Crippen LogP contribution < -0.4 is 10.9 Å². The first kappa shape index (κ1) is 20.7. The molecule has 0 spiro atoms. The molecule has 1 amide bonds. The quantitative estimate of drug-likeness (QED) is 0.424. The molecule has 0 saturated heterocycles. The highest BCUT2D eigenvalue weighted by molar-refractivity contribution is 8.00. The van der Waals surface area contributed by atoms with Gasteiger partial charge in [-0.3, -0.25) is 19.1 Å². The number of rotatable bonds is 8. The van der Waals surface area contributed by atoms with Gasteiger partial charge in [0.05, 0.1) is 25.0 Å². The Bertz CT molecular complexity index is 1260. The number of benzene rings is 1. The Hall–Kier alpha value is -3.53. The van der Waals surface area contributed by atoms with Gasteiger partial charge in [0.2, 0.25) is 5.91 Å². The summed E-state index contributed by atoms with van der Waals surface area (Å²) >= 11 is 1.43. The van der Waals surface area contributed by atoms with E-state index in [0.29, 0.717) is 35.4 Å². The van der Waals surface area contributed by atoms with Crippen LogP contribution in [0.5, 0.6) is 0 Å². The number of hydrogen-bond acceptors (Lipinski definition) is 6. The zero-order valence-corrected chi connectivity index (χ0v) is 17.3. The van der Waals surface area contributed by atoms with Crippen molar-refractivity contribution in [1.82, 2.24) is 29.6 Å². The normalized spacial score (nSPS) is 11.0. The van der Waals surface area contributed by atoms with Crippen LogP contribution in [0.1, 0.15) is 5.56 Å². The summed E-state index contributed by atoms with van der Waals surface area (Å²) < 4.78 is 16.4. The summed E-state index contributed by atoms with van der Waals surface area (Å²) in [6, 6.07) is 9.79. The highest BCUT2D eigenvalue weighted by atomic mass is 32.2. The number of pyridine rings is 1. The lowest BCUT2D eigenvalue weighted by molar-refractivity contribution is -0.118. The van der Waals surface area contributed by atoms with Crippen LogP contribution in [0.4, 0.5) is 4.39 Å². The molecule has 158 valence electrons. The van der Waals surface area contributed by atoms with E-state index in [1.165, 1.54) is 41.0 Å². The number of carbonyl (C=O) groups excluding carboxylic acids is 1. The van der Waals surface area contributed by atoms with E-state index in [1.807, 2.05) is 12.1 Å². The Morgan fingerprint density at radius 1 is 1.19 bits per heavy atom. The van der Waals surface area contributed by atoms with Crippen LogP contribution in [0.2, 0.25) is 0 Å². The SMILES string of the molecule is O=C(CSc1ccncc1)NCCn1ncc2c(=O)n(Cc3cccc(F)c3)cnc21. The van der Waals surface area contributed by atoms with Gasteiger partial charge in [0.15, 0.2) is 5.65 Å². The lowest BCUT2D eigenvalue weighted by atomic mass is 10.2. The largest absolute Gasteiger partial charge is 0.354 e. The van der Waals surface area contributed by atoms with Gasteiger partial charge in [-0.1, -0.05) is 12.1 Å². The van der Waals surface area contributed by atoms with Crippen LogP contribution in [0.15, 0.2) is 71.0 Å². The summed E-state index contributed by atoms with van der Waals surface area (Å²) in [6.45, 7) is 0.964. The minimum absolute atomic E-state index is 0.0938. The summed E-state index contributed by atoms with van der Waals surface area (Å²) in [5, 5.41) is 7.44. The van der Waals surface area contributed by atoms with Gasteiger partial charge in [-0.05, 0) is 29.8 Å². The predicted molar refractivity (Wildman–Crippen MR) is 115 cm³/mol. The molecule has 31 heavy (non-hydrogen) atoms. The van der Waals surface area contributed by atoms with E-state index in [0.717, 1.165) is 4.90 Å². The number of nitrogens with one attached hydrogen (secondary N) is 1. The third kappa shape index (κ3) is 5.15. The maximum atomic E-state index is 13.4. The first-order chi connectivity index (χ1) is 15.1. The highest BCUT2D eigenvalue weighted by Crippen LogP contribution is 2.15. The van der Waals surface area contributed by atoms with Gasteiger partial charge in [-0.15, -0.1) is 11.8 Å². The van der Waals surface area contributed by atoms with Crippen molar-refractivity contribution in [2.45, 2.75) is 18.0 Å². The van der Waals surface area contributed by atoms with Gasteiger partial charge in [-0.2, -0.15) is 5.10 Å². The Kier molecular flexibility index (Phi) is 6.37. The van der Waals surface area contributed by atoms with Crippen LogP contribution >= 0.6 is 11.8 Å². The van der Waals surface area contributed by atoms with Crippen LogP contribution in [-0.4, -0.2) is 42.5 Å². The smallest absolute Gasteiger partial charge is 0.264 e. The molecule has 10 heteroatoms. The number of thioether (sulfide) groups is 1. The van der Waals surface area contributed by atoms with Gasteiger partial charge in [0, 0.05) is 23.8 Å². The standard InChI is InChI=1S/C21H19FN6O2S/c22-16-3-1-2-15(10-16)12-27-14-25-20-18(21(27)30)11-26-28(20)9-8-24-19(29)13-31-17-4-6-23-7-5-17/h1-7,10-11,14H,8-9,12-13H2,(H,24,29). The van der Waals surface area contributed by atoms with E-state index in [9.17, 15) is 14.0 Å². The fraction of sp³-hybridized carbons (Fsp3) is 0.190. The van der Waals surface area contributed by atoms with Crippen molar-refractivity contribution in [2.75, 3.05) is 12.3 Å². The Balaban J connectivity index is 1.36. The Morgan fingerprint density at radius 3 is 2.84 bits per heavy atom. The Morgan fingerprint density at radius 2 is 2.03 bits per heavy atom. The number of halogens is 1. The van der Waals surface area contributed by atoms with Crippen molar-refractivity contribution >= 4 is 28.7 Å². The summed E-state index contributed by atoms with van der Waals surface area (Å²) in [5.41, 5.74) is 0.863. The van der Waals surface area contributed by atoms with Crippen molar-refractivity contribution in [3.8, 4) is 0 Å². The van der Waals surface area contributed by atoms with E-state index < -0.39 is 0 Å². The maximum absolute atomic E-state index is 13.4. The predicted octanol–water partition coefficient (Wildman–Crippen LogP) is 2.08. The molecular formula is C21H19FN6O2S. The lowest BCUT2D eigenvalue weighted by Gasteiger charge is -2.08. The lowest BCUT2D eigenvalue weighted by Crippen LogP contribution is -2.29. The number of nitrogens with zero attached hydrogens (tertiary/aromatic N) is 5. The van der Waals surface area contributed by atoms with Crippen molar-refractivity contribution < 1.29 is 9.18 Å². The molecule has 4 rings (SSSR count). The highest BCUT2D eigenvalue weighted by Gasteiger charge is 2.11.